The van der Waals surface area contributed by atoms with Gasteiger partial charge in [-0.05, 0) is 37.0 Å². The molecule has 0 unspecified atom stereocenters. The highest BCUT2D eigenvalue weighted by molar-refractivity contribution is 7.80. The number of thiol groups is 1. The van der Waals surface area contributed by atoms with Crippen molar-refractivity contribution >= 4 is 12.6 Å². The van der Waals surface area contributed by atoms with Crippen LogP contribution in [0.15, 0.2) is 17.0 Å². The molecule has 3 nitrogen and oxygen atoms in total. The standard InChI is InChI=1S/C12H17NO2S/c1-14-9-6-11(16)10(15-2)5-8(9)7-12(13)3-4-12/h5-6,16H,3-4,7,13H2,1-2H3. The molecule has 16 heavy (non-hydrogen) atoms. The Hall–Kier alpha value is -0.870. The second-order valence-electron chi connectivity index (χ2n) is 4.38. The van der Waals surface area contributed by atoms with E-state index in [4.69, 9.17) is 15.2 Å². The van der Waals surface area contributed by atoms with Crippen LogP contribution < -0.4 is 15.2 Å². The van der Waals surface area contributed by atoms with Crippen LogP contribution in [0.2, 0.25) is 0 Å². The minimum atomic E-state index is -0.0313. The zero-order valence-electron chi connectivity index (χ0n) is 9.62. The molecule has 1 fully saturated rings. The topological polar surface area (TPSA) is 44.5 Å². The SMILES string of the molecule is COc1cc(CC2(N)CC2)c(OC)cc1S. The van der Waals surface area contributed by atoms with E-state index in [-0.39, 0.29) is 5.54 Å². The molecule has 1 aromatic rings. The van der Waals surface area contributed by atoms with E-state index in [1.807, 2.05) is 12.1 Å². The number of hydrogen-bond acceptors (Lipinski definition) is 4. The van der Waals surface area contributed by atoms with Crippen LogP contribution in [-0.4, -0.2) is 19.8 Å². The molecule has 0 saturated heterocycles. The van der Waals surface area contributed by atoms with E-state index in [2.05, 4.69) is 12.6 Å². The van der Waals surface area contributed by atoms with E-state index in [1.165, 1.54) is 0 Å². The van der Waals surface area contributed by atoms with Gasteiger partial charge >= 0.3 is 0 Å². The van der Waals surface area contributed by atoms with Gasteiger partial charge in [-0.1, -0.05) is 0 Å². The first-order valence-electron chi connectivity index (χ1n) is 5.31. The van der Waals surface area contributed by atoms with Crippen molar-refractivity contribution in [1.82, 2.24) is 0 Å². The molecule has 0 aromatic heterocycles. The van der Waals surface area contributed by atoms with Crippen molar-refractivity contribution in [3.8, 4) is 11.5 Å². The molecule has 0 radical (unpaired) electrons. The predicted octanol–water partition coefficient (Wildman–Crippen LogP) is 2.03. The van der Waals surface area contributed by atoms with Crippen LogP contribution in [0.25, 0.3) is 0 Å². The number of benzene rings is 1. The Kier molecular flexibility index (Phi) is 3.04. The Morgan fingerprint density at radius 2 is 1.88 bits per heavy atom. The van der Waals surface area contributed by atoms with Crippen molar-refractivity contribution in [1.29, 1.82) is 0 Å². The van der Waals surface area contributed by atoms with Crippen LogP contribution in [0, 0.1) is 0 Å². The number of ether oxygens (including phenoxy) is 2. The molecule has 2 N–H and O–H groups in total. The van der Waals surface area contributed by atoms with Crippen LogP contribution in [0.4, 0.5) is 0 Å². The van der Waals surface area contributed by atoms with Crippen LogP contribution in [-0.2, 0) is 6.42 Å². The Labute approximate surface area is 101 Å². The molecule has 0 aliphatic heterocycles. The maximum absolute atomic E-state index is 6.12. The van der Waals surface area contributed by atoms with E-state index in [1.54, 1.807) is 14.2 Å². The summed E-state index contributed by atoms with van der Waals surface area (Å²) >= 11 is 4.34. The van der Waals surface area contributed by atoms with Crippen molar-refractivity contribution in [3.05, 3.63) is 17.7 Å². The smallest absolute Gasteiger partial charge is 0.132 e. The average molecular weight is 239 g/mol. The van der Waals surface area contributed by atoms with Crippen LogP contribution >= 0.6 is 12.6 Å². The van der Waals surface area contributed by atoms with Gasteiger partial charge in [0.1, 0.15) is 11.5 Å². The highest BCUT2D eigenvalue weighted by Gasteiger charge is 2.38. The fraction of sp³-hybridized carbons (Fsp3) is 0.500. The van der Waals surface area contributed by atoms with Gasteiger partial charge in [0.15, 0.2) is 0 Å². The molecule has 0 spiro atoms. The summed E-state index contributed by atoms with van der Waals surface area (Å²) in [6.45, 7) is 0. The zero-order valence-corrected chi connectivity index (χ0v) is 10.5. The summed E-state index contributed by atoms with van der Waals surface area (Å²) in [4.78, 5) is 0.782. The summed E-state index contributed by atoms with van der Waals surface area (Å²) in [5, 5.41) is 0. The molecule has 88 valence electrons. The lowest BCUT2D eigenvalue weighted by Crippen LogP contribution is -2.24. The molecule has 0 bridgehead atoms. The number of hydrogen-bond donors (Lipinski definition) is 2. The Morgan fingerprint density at radius 3 is 2.38 bits per heavy atom. The van der Waals surface area contributed by atoms with Gasteiger partial charge in [-0.15, -0.1) is 12.6 Å². The molecule has 1 aliphatic carbocycles. The lowest BCUT2D eigenvalue weighted by atomic mass is 10.0. The number of nitrogens with two attached hydrogens (primary N) is 1. The molecule has 0 atom stereocenters. The van der Waals surface area contributed by atoms with E-state index in [0.717, 1.165) is 41.2 Å². The molecule has 0 heterocycles. The van der Waals surface area contributed by atoms with Gasteiger partial charge in [0.05, 0.1) is 14.2 Å². The van der Waals surface area contributed by atoms with Gasteiger partial charge < -0.3 is 15.2 Å². The molecular formula is C12H17NO2S. The van der Waals surface area contributed by atoms with Crippen LogP contribution in [0.1, 0.15) is 18.4 Å². The normalized spacial score (nSPS) is 17.0. The van der Waals surface area contributed by atoms with E-state index >= 15 is 0 Å². The fourth-order valence-electron chi connectivity index (χ4n) is 1.80. The van der Waals surface area contributed by atoms with Crippen molar-refractivity contribution < 1.29 is 9.47 Å². The highest BCUT2D eigenvalue weighted by Crippen LogP contribution is 2.40. The summed E-state index contributed by atoms with van der Waals surface area (Å²) in [7, 11) is 3.30. The minimum absolute atomic E-state index is 0.0313. The first kappa shape index (κ1) is 11.6. The summed E-state index contributed by atoms with van der Waals surface area (Å²) in [6.07, 6.45) is 3.00. The van der Waals surface area contributed by atoms with Gasteiger partial charge in [-0.3, -0.25) is 0 Å². The average Bonchev–Trinajstić information content (AvgIpc) is 2.98. The van der Waals surface area contributed by atoms with Gasteiger partial charge in [0, 0.05) is 10.4 Å². The molecule has 1 saturated carbocycles. The Morgan fingerprint density at radius 1 is 1.25 bits per heavy atom. The lowest BCUT2D eigenvalue weighted by molar-refractivity contribution is 0.389. The number of methoxy groups -OCH3 is 2. The molecule has 2 rings (SSSR count). The summed E-state index contributed by atoms with van der Waals surface area (Å²) < 4.78 is 10.6. The summed E-state index contributed by atoms with van der Waals surface area (Å²) in [5.74, 6) is 1.60. The van der Waals surface area contributed by atoms with E-state index < -0.39 is 0 Å². The first-order valence-corrected chi connectivity index (χ1v) is 5.75. The lowest BCUT2D eigenvalue weighted by Gasteiger charge is -2.15. The van der Waals surface area contributed by atoms with Crippen molar-refractivity contribution in [2.24, 2.45) is 5.73 Å². The van der Waals surface area contributed by atoms with Gasteiger partial charge in [0.25, 0.3) is 0 Å². The molecule has 4 heteroatoms. The monoisotopic (exact) mass is 239 g/mol. The zero-order chi connectivity index (χ0) is 11.8. The molecule has 1 aliphatic rings. The van der Waals surface area contributed by atoms with E-state index in [0.29, 0.717) is 0 Å². The first-order chi connectivity index (χ1) is 7.58. The second kappa shape index (κ2) is 4.18. The third-order valence-electron chi connectivity index (χ3n) is 3.02. The van der Waals surface area contributed by atoms with Crippen molar-refractivity contribution in [3.63, 3.8) is 0 Å². The van der Waals surface area contributed by atoms with Crippen LogP contribution in [0.3, 0.4) is 0 Å². The van der Waals surface area contributed by atoms with Crippen molar-refractivity contribution in [2.75, 3.05) is 14.2 Å². The third kappa shape index (κ3) is 2.28. The predicted molar refractivity (Wildman–Crippen MR) is 66.7 cm³/mol. The Balaban J connectivity index is 2.33. The van der Waals surface area contributed by atoms with Crippen molar-refractivity contribution in [2.45, 2.75) is 29.7 Å². The largest absolute Gasteiger partial charge is 0.496 e. The minimum Gasteiger partial charge on any atom is -0.496 e. The Bertz CT molecular complexity index is 402. The van der Waals surface area contributed by atoms with Gasteiger partial charge in [0.2, 0.25) is 0 Å². The summed E-state index contributed by atoms with van der Waals surface area (Å²) in [6, 6.07) is 3.84. The molecule has 1 aromatic carbocycles. The highest BCUT2D eigenvalue weighted by atomic mass is 32.1. The summed E-state index contributed by atoms with van der Waals surface area (Å²) in [5.41, 5.74) is 7.18. The maximum atomic E-state index is 6.12. The maximum Gasteiger partial charge on any atom is 0.132 e. The molecular weight excluding hydrogens is 222 g/mol. The van der Waals surface area contributed by atoms with Gasteiger partial charge in [-0.25, -0.2) is 0 Å². The quantitative estimate of drug-likeness (QED) is 0.790. The number of rotatable bonds is 4. The van der Waals surface area contributed by atoms with Gasteiger partial charge in [-0.2, -0.15) is 0 Å². The molecule has 0 amide bonds. The van der Waals surface area contributed by atoms with Crippen LogP contribution in [0.5, 0.6) is 11.5 Å². The fourth-order valence-corrected chi connectivity index (χ4v) is 2.07. The third-order valence-corrected chi connectivity index (χ3v) is 3.37. The second-order valence-corrected chi connectivity index (χ2v) is 4.86. The van der Waals surface area contributed by atoms with E-state index in [9.17, 15) is 0 Å².